The molecule has 0 aliphatic carbocycles. The zero-order chi connectivity index (χ0) is 13.4. The molecule has 19 heavy (non-hydrogen) atoms. The van der Waals surface area contributed by atoms with Crippen LogP contribution in [0.3, 0.4) is 0 Å². The largest absolute Gasteiger partial charge is 0.280 e. The molecule has 2 aromatic heterocycles. The molecule has 0 saturated heterocycles. The first-order valence-corrected chi connectivity index (χ1v) is 5.40. The molecule has 0 unspecified atom stereocenters. The number of halogens is 1. The molecule has 3 aromatic rings. The van der Waals surface area contributed by atoms with Crippen LogP contribution in [0.25, 0.3) is 16.6 Å². The van der Waals surface area contributed by atoms with Gasteiger partial charge in [-0.15, -0.1) is 0 Å². The van der Waals surface area contributed by atoms with Crippen LogP contribution < -0.4 is 0 Å². The van der Waals surface area contributed by atoms with Crippen LogP contribution in [0.5, 0.6) is 0 Å². The number of aromatic nitrogens is 3. The zero-order valence-corrected chi connectivity index (χ0v) is 9.52. The van der Waals surface area contributed by atoms with E-state index in [1.54, 1.807) is 12.1 Å². The predicted octanol–water partition coefficient (Wildman–Crippen LogP) is 2.47. The maximum atomic E-state index is 12.8. The van der Waals surface area contributed by atoms with E-state index in [1.165, 1.54) is 35.3 Å². The summed E-state index contributed by atoms with van der Waals surface area (Å²) in [6.07, 6.45) is 2.73. The van der Waals surface area contributed by atoms with Crippen molar-refractivity contribution in [3.8, 4) is 5.69 Å². The Kier molecular flexibility index (Phi) is 2.45. The van der Waals surface area contributed by atoms with E-state index in [2.05, 4.69) is 10.1 Å². The Hall–Kier alpha value is -2.83. The fraction of sp³-hybridized carbons (Fsp3) is 0. The topological polar surface area (TPSA) is 73.8 Å². The lowest BCUT2D eigenvalue weighted by Crippen LogP contribution is -1.97. The average Bonchev–Trinajstić information content (AvgIpc) is 2.83. The fourth-order valence-corrected chi connectivity index (χ4v) is 1.89. The number of pyridine rings is 1. The molecule has 0 bridgehead atoms. The minimum Gasteiger partial charge on any atom is -0.258 e. The summed E-state index contributed by atoms with van der Waals surface area (Å²) in [5.74, 6) is -0.591. The summed E-state index contributed by atoms with van der Waals surface area (Å²) in [6, 6.07) is 7.42. The lowest BCUT2D eigenvalue weighted by molar-refractivity contribution is -0.383. The van der Waals surface area contributed by atoms with Gasteiger partial charge in [-0.1, -0.05) is 6.07 Å². The van der Waals surface area contributed by atoms with Crippen molar-refractivity contribution in [1.29, 1.82) is 0 Å². The third-order valence-electron chi connectivity index (χ3n) is 2.74. The van der Waals surface area contributed by atoms with Crippen molar-refractivity contribution in [2.75, 3.05) is 0 Å². The van der Waals surface area contributed by atoms with Gasteiger partial charge in [0, 0.05) is 6.07 Å². The van der Waals surface area contributed by atoms with E-state index in [-0.39, 0.29) is 5.69 Å². The standard InChI is InChI=1S/C12H7FN4O2/c13-12-5-4-8(6-14-12)16-10-2-1-3-11(17(18)19)9(10)7-15-16/h1-7H. The van der Waals surface area contributed by atoms with Crippen LogP contribution in [0.15, 0.2) is 42.7 Å². The van der Waals surface area contributed by atoms with Gasteiger partial charge in [0.05, 0.1) is 33.9 Å². The molecule has 0 radical (unpaired) electrons. The summed E-state index contributed by atoms with van der Waals surface area (Å²) in [5, 5.41) is 15.4. The van der Waals surface area contributed by atoms with Crippen LogP contribution >= 0.6 is 0 Å². The van der Waals surface area contributed by atoms with Crippen molar-refractivity contribution in [3.63, 3.8) is 0 Å². The number of nitrogens with zero attached hydrogens (tertiary/aromatic N) is 4. The van der Waals surface area contributed by atoms with Crippen LogP contribution in [0.4, 0.5) is 10.1 Å². The van der Waals surface area contributed by atoms with Gasteiger partial charge < -0.3 is 0 Å². The van der Waals surface area contributed by atoms with Crippen molar-refractivity contribution >= 4 is 16.6 Å². The van der Waals surface area contributed by atoms with E-state index in [9.17, 15) is 14.5 Å². The number of benzene rings is 1. The van der Waals surface area contributed by atoms with Gasteiger partial charge in [-0.05, 0) is 18.2 Å². The zero-order valence-electron chi connectivity index (χ0n) is 9.52. The average molecular weight is 258 g/mol. The Morgan fingerprint density at radius 1 is 1.21 bits per heavy atom. The molecule has 0 spiro atoms. The molecule has 2 heterocycles. The molecule has 6 nitrogen and oxygen atoms in total. The normalized spacial score (nSPS) is 10.8. The highest BCUT2D eigenvalue weighted by molar-refractivity contribution is 5.88. The minimum atomic E-state index is -0.591. The van der Waals surface area contributed by atoms with Crippen LogP contribution in [0, 0.1) is 16.1 Å². The molecule has 0 aliphatic rings. The maximum absolute atomic E-state index is 12.8. The van der Waals surface area contributed by atoms with E-state index in [0.29, 0.717) is 16.6 Å². The van der Waals surface area contributed by atoms with Crippen molar-refractivity contribution in [1.82, 2.24) is 14.8 Å². The monoisotopic (exact) mass is 258 g/mol. The van der Waals surface area contributed by atoms with Crippen LogP contribution in [-0.4, -0.2) is 19.7 Å². The van der Waals surface area contributed by atoms with Gasteiger partial charge in [0.15, 0.2) is 0 Å². The first-order valence-electron chi connectivity index (χ1n) is 5.40. The van der Waals surface area contributed by atoms with Crippen molar-refractivity contribution in [2.45, 2.75) is 0 Å². The van der Waals surface area contributed by atoms with E-state index in [4.69, 9.17) is 0 Å². The molecular weight excluding hydrogens is 251 g/mol. The molecular formula is C12H7FN4O2. The van der Waals surface area contributed by atoms with Gasteiger partial charge in [0.1, 0.15) is 0 Å². The van der Waals surface area contributed by atoms with E-state index >= 15 is 0 Å². The SMILES string of the molecule is O=[N+]([O-])c1cccc2c1cnn2-c1ccc(F)nc1. The summed E-state index contributed by atoms with van der Waals surface area (Å²) in [4.78, 5) is 14.0. The molecule has 94 valence electrons. The first kappa shape index (κ1) is 11.3. The third kappa shape index (κ3) is 1.81. The number of hydrogen-bond acceptors (Lipinski definition) is 4. The summed E-state index contributed by atoms with van der Waals surface area (Å²) < 4.78 is 14.3. The van der Waals surface area contributed by atoms with E-state index in [1.807, 2.05) is 0 Å². The lowest BCUT2D eigenvalue weighted by atomic mass is 10.2. The van der Waals surface area contributed by atoms with Crippen LogP contribution in [0.2, 0.25) is 0 Å². The van der Waals surface area contributed by atoms with Gasteiger partial charge >= 0.3 is 0 Å². The Labute approximate surface area is 106 Å². The van der Waals surface area contributed by atoms with E-state index in [0.717, 1.165) is 0 Å². The second-order valence-corrected chi connectivity index (χ2v) is 3.86. The van der Waals surface area contributed by atoms with Gasteiger partial charge in [-0.3, -0.25) is 10.1 Å². The second kappa shape index (κ2) is 4.13. The summed E-state index contributed by atoms with van der Waals surface area (Å²) >= 11 is 0. The lowest BCUT2D eigenvalue weighted by Gasteiger charge is -2.02. The van der Waals surface area contributed by atoms with Gasteiger partial charge in [-0.2, -0.15) is 9.49 Å². The van der Waals surface area contributed by atoms with Crippen molar-refractivity contribution in [2.24, 2.45) is 0 Å². The molecule has 0 amide bonds. The van der Waals surface area contributed by atoms with E-state index < -0.39 is 10.9 Å². The summed E-state index contributed by atoms with van der Waals surface area (Å²) in [6.45, 7) is 0. The fourth-order valence-electron chi connectivity index (χ4n) is 1.89. The number of nitro benzene ring substituents is 1. The third-order valence-corrected chi connectivity index (χ3v) is 2.74. The Morgan fingerprint density at radius 3 is 2.74 bits per heavy atom. The number of non-ortho nitro benzene ring substituents is 1. The minimum absolute atomic E-state index is 0.0150. The highest BCUT2D eigenvalue weighted by atomic mass is 19.1. The Balaban J connectivity index is 2.24. The Morgan fingerprint density at radius 2 is 2.05 bits per heavy atom. The highest BCUT2D eigenvalue weighted by Crippen LogP contribution is 2.26. The number of fused-ring (bicyclic) bond motifs is 1. The number of rotatable bonds is 2. The summed E-state index contributed by atoms with van der Waals surface area (Å²) in [7, 11) is 0. The van der Waals surface area contributed by atoms with Crippen molar-refractivity contribution in [3.05, 3.63) is 58.8 Å². The Bertz CT molecular complexity index is 767. The highest BCUT2D eigenvalue weighted by Gasteiger charge is 2.15. The van der Waals surface area contributed by atoms with Gasteiger partial charge in [0.2, 0.25) is 5.95 Å². The maximum Gasteiger partial charge on any atom is 0.280 e. The van der Waals surface area contributed by atoms with Crippen molar-refractivity contribution < 1.29 is 9.31 Å². The number of nitro groups is 1. The molecule has 0 saturated carbocycles. The molecule has 0 N–H and O–H groups in total. The number of hydrogen-bond donors (Lipinski definition) is 0. The molecule has 1 aromatic carbocycles. The first-order chi connectivity index (χ1) is 9.16. The molecule has 0 aliphatic heterocycles. The van der Waals surface area contributed by atoms with Crippen LogP contribution in [0.1, 0.15) is 0 Å². The predicted molar refractivity (Wildman–Crippen MR) is 65.5 cm³/mol. The molecule has 0 fully saturated rings. The van der Waals surface area contributed by atoms with Gasteiger partial charge in [0.25, 0.3) is 5.69 Å². The molecule has 3 rings (SSSR count). The molecule has 7 heteroatoms. The summed E-state index contributed by atoms with van der Waals surface area (Å²) in [5.41, 5.74) is 1.10. The second-order valence-electron chi connectivity index (χ2n) is 3.86. The molecule has 0 atom stereocenters. The smallest absolute Gasteiger partial charge is 0.258 e. The quantitative estimate of drug-likeness (QED) is 0.402. The van der Waals surface area contributed by atoms with Crippen LogP contribution in [-0.2, 0) is 0 Å². The van der Waals surface area contributed by atoms with Gasteiger partial charge in [-0.25, -0.2) is 9.67 Å².